The maximum Gasteiger partial charge on any atom is 0.0589 e. The number of ether oxygens (including phenoxy) is 1. The van der Waals surface area contributed by atoms with Gasteiger partial charge in [-0.05, 0) is 31.9 Å². The van der Waals surface area contributed by atoms with Crippen LogP contribution in [-0.4, -0.2) is 62.3 Å². The molecule has 1 heterocycles. The molecule has 0 saturated carbocycles. The Labute approximate surface area is 123 Å². The van der Waals surface area contributed by atoms with Crippen LogP contribution in [0.15, 0.2) is 30.3 Å². The molecule has 0 radical (unpaired) electrons. The summed E-state index contributed by atoms with van der Waals surface area (Å²) in [6.07, 6.45) is 2.45. The first-order valence-corrected chi connectivity index (χ1v) is 7.79. The van der Waals surface area contributed by atoms with Gasteiger partial charge in [-0.1, -0.05) is 30.3 Å². The second kappa shape index (κ2) is 8.40. The number of nitrogens with zero attached hydrogens (tertiary/aromatic N) is 2. The Morgan fingerprint density at radius 1 is 1.15 bits per heavy atom. The molecule has 3 heteroatoms. The summed E-state index contributed by atoms with van der Waals surface area (Å²) < 4.78 is 5.18. The predicted octanol–water partition coefficient (Wildman–Crippen LogP) is 2.27. The molecule has 1 unspecified atom stereocenters. The Morgan fingerprint density at radius 3 is 2.65 bits per heavy atom. The second-order valence-corrected chi connectivity index (χ2v) is 5.77. The van der Waals surface area contributed by atoms with E-state index >= 15 is 0 Å². The number of aryl methyl sites for hydroxylation is 1. The molecule has 0 aromatic heterocycles. The van der Waals surface area contributed by atoms with Gasteiger partial charge in [-0.3, -0.25) is 4.90 Å². The molecule has 1 atom stereocenters. The van der Waals surface area contributed by atoms with Gasteiger partial charge < -0.3 is 9.64 Å². The molecule has 1 aromatic rings. The van der Waals surface area contributed by atoms with Crippen molar-refractivity contribution in [2.24, 2.45) is 0 Å². The van der Waals surface area contributed by atoms with E-state index < -0.39 is 0 Å². The lowest BCUT2D eigenvalue weighted by atomic mass is 10.1. The van der Waals surface area contributed by atoms with Gasteiger partial charge >= 0.3 is 0 Å². The maximum absolute atomic E-state index is 5.18. The fourth-order valence-corrected chi connectivity index (χ4v) is 2.97. The molecule has 0 aliphatic carbocycles. The summed E-state index contributed by atoms with van der Waals surface area (Å²) in [7, 11) is 1.78. The highest BCUT2D eigenvalue weighted by Crippen LogP contribution is 2.10. The minimum atomic E-state index is 0.649. The molecule has 2 rings (SSSR count). The van der Waals surface area contributed by atoms with Crippen molar-refractivity contribution in [2.45, 2.75) is 25.8 Å². The van der Waals surface area contributed by atoms with Gasteiger partial charge in [0.25, 0.3) is 0 Å². The summed E-state index contributed by atoms with van der Waals surface area (Å²) in [5.41, 5.74) is 1.46. The number of hydrogen-bond donors (Lipinski definition) is 0. The molecule has 1 aliphatic heterocycles. The Morgan fingerprint density at radius 2 is 1.95 bits per heavy atom. The van der Waals surface area contributed by atoms with Gasteiger partial charge in [0.15, 0.2) is 0 Å². The zero-order chi connectivity index (χ0) is 14.2. The molecular weight excluding hydrogens is 248 g/mol. The van der Waals surface area contributed by atoms with E-state index in [4.69, 9.17) is 4.74 Å². The van der Waals surface area contributed by atoms with E-state index in [0.29, 0.717) is 6.04 Å². The zero-order valence-corrected chi connectivity index (χ0v) is 12.9. The molecular formula is C17H28N2O. The van der Waals surface area contributed by atoms with E-state index in [-0.39, 0.29) is 0 Å². The van der Waals surface area contributed by atoms with Crippen molar-refractivity contribution in [1.82, 2.24) is 9.80 Å². The van der Waals surface area contributed by atoms with Crippen LogP contribution in [0.1, 0.15) is 18.9 Å². The third-order valence-corrected chi connectivity index (χ3v) is 4.21. The molecule has 1 aromatic carbocycles. The van der Waals surface area contributed by atoms with Crippen molar-refractivity contribution in [3.63, 3.8) is 0 Å². The molecule has 0 amide bonds. The standard InChI is InChI=1S/C17H28N2O/c1-16-15-18(11-12-19(16)13-14-20-2)10-6-9-17-7-4-3-5-8-17/h3-5,7-8,16H,6,9-15H2,1-2H3. The first kappa shape index (κ1) is 15.5. The Balaban J connectivity index is 1.66. The number of rotatable bonds is 7. The van der Waals surface area contributed by atoms with Crippen LogP contribution < -0.4 is 0 Å². The molecule has 0 bridgehead atoms. The van der Waals surface area contributed by atoms with Crippen molar-refractivity contribution in [3.8, 4) is 0 Å². The van der Waals surface area contributed by atoms with E-state index in [1.54, 1.807) is 7.11 Å². The van der Waals surface area contributed by atoms with Gasteiger partial charge in [-0.25, -0.2) is 0 Å². The van der Waals surface area contributed by atoms with Crippen molar-refractivity contribution >= 4 is 0 Å². The summed E-state index contributed by atoms with van der Waals surface area (Å²) in [6.45, 7) is 9.03. The fourth-order valence-electron chi connectivity index (χ4n) is 2.97. The largest absolute Gasteiger partial charge is 0.383 e. The lowest BCUT2D eigenvalue weighted by Crippen LogP contribution is -2.52. The van der Waals surface area contributed by atoms with Gasteiger partial charge in [0, 0.05) is 39.3 Å². The summed E-state index contributed by atoms with van der Waals surface area (Å²) in [4.78, 5) is 5.15. The van der Waals surface area contributed by atoms with Crippen LogP contribution in [0.3, 0.4) is 0 Å². The van der Waals surface area contributed by atoms with Crippen LogP contribution in [0.25, 0.3) is 0 Å². The molecule has 112 valence electrons. The topological polar surface area (TPSA) is 15.7 Å². The highest BCUT2D eigenvalue weighted by Gasteiger charge is 2.22. The first-order chi connectivity index (χ1) is 9.79. The van der Waals surface area contributed by atoms with Gasteiger partial charge in [-0.2, -0.15) is 0 Å². The smallest absolute Gasteiger partial charge is 0.0589 e. The van der Waals surface area contributed by atoms with Crippen molar-refractivity contribution in [3.05, 3.63) is 35.9 Å². The highest BCUT2D eigenvalue weighted by molar-refractivity contribution is 5.14. The van der Waals surface area contributed by atoms with Gasteiger partial charge in [0.1, 0.15) is 0 Å². The summed E-state index contributed by atoms with van der Waals surface area (Å²) in [5.74, 6) is 0. The molecule has 0 N–H and O–H groups in total. The van der Waals surface area contributed by atoms with Gasteiger partial charge in [-0.15, -0.1) is 0 Å². The van der Waals surface area contributed by atoms with Crippen LogP contribution in [-0.2, 0) is 11.2 Å². The van der Waals surface area contributed by atoms with E-state index in [1.165, 1.54) is 44.6 Å². The quantitative estimate of drug-likeness (QED) is 0.760. The van der Waals surface area contributed by atoms with Crippen LogP contribution in [0.4, 0.5) is 0 Å². The number of methoxy groups -OCH3 is 1. The average molecular weight is 276 g/mol. The zero-order valence-electron chi connectivity index (χ0n) is 12.9. The van der Waals surface area contributed by atoms with E-state index in [1.807, 2.05) is 0 Å². The molecule has 20 heavy (non-hydrogen) atoms. The molecule has 0 spiro atoms. The normalized spacial score (nSPS) is 21.2. The SMILES string of the molecule is COCCN1CCN(CCCc2ccccc2)CC1C. The van der Waals surface area contributed by atoms with Crippen LogP contribution in [0.5, 0.6) is 0 Å². The maximum atomic E-state index is 5.18. The van der Waals surface area contributed by atoms with E-state index in [2.05, 4.69) is 47.1 Å². The monoisotopic (exact) mass is 276 g/mol. The van der Waals surface area contributed by atoms with Crippen molar-refractivity contribution in [2.75, 3.05) is 46.4 Å². The first-order valence-electron chi connectivity index (χ1n) is 7.79. The molecule has 1 aliphatic rings. The van der Waals surface area contributed by atoms with Gasteiger partial charge in [0.2, 0.25) is 0 Å². The lowest BCUT2D eigenvalue weighted by Gasteiger charge is -2.39. The molecule has 3 nitrogen and oxygen atoms in total. The molecule has 1 saturated heterocycles. The summed E-state index contributed by atoms with van der Waals surface area (Å²) >= 11 is 0. The number of benzene rings is 1. The Hall–Kier alpha value is -0.900. The van der Waals surface area contributed by atoms with Crippen LogP contribution in [0, 0.1) is 0 Å². The average Bonchev–Trinajstić information content (AvgIpc) is 2.47. The Kier molecular flexibility index (Phi) is 6.51. The van der Waals surface area contributed by atoms with E-state index in [0.717, 1.165) is 13.2 Å². The van der Waals surface area contributed by atoms with Gasteiger partial charge in [0.05, 0.1) is 6.61 Å². The molecule has 1 fully saturated rings. The Bertz CT molecular complexity index is 369. The number of hydrogen-bond acceptors (Lipinski definition) is 3. The van der Waals surface area contributed by atoms with Crippen molar-refractivity contribution in [1.29, 1.82) is 0 Å². The predicted molar refractivity (Wildman–Crippen MR) is 84.1 cm³/mol. The lowest BCUT2D eigenvalue weighted by molar-refractivity contribution is 0.0586. The fraction of sp³-hybridized carbons (Fsp3) is 0.647. The minimum Gasteiger partial charge on any atom is -0.383 e. The third kappa shape index (κ3) is 4.89. The highest BCUT2D eigenvalue weighted by atomic mass is 16.5. The van der Waals surface area contributed by atoms with E-state index in [9.17, 15) is 0 Å². The minimum absolute atomic E-state index is 0.649. The summed E-state index contributed by atoms with van der Waals surface area (Å²) in [5, 5.41) is 0. The third-order valence-electron chi connectivity index (χ3n) is 4.21. The number of piperazine rings is 1. The van der Waals surface area contributed by atoms with Crippen LogP contribution in [0.2, 0.25) is 0 Å². The van der Waals surface area contributed by atoms with Crippen LogP contribution >= 0.6 is 0 Å². The summed E-state index contributed by atoms with van der Waals surface area (Å²) in [6, 6.07) is 11.5. The van der Waals surface area contributed by atoms with Crippen molar-refractivity contribution < 1.29 is 4.74 Å². The second-order valence-electron chi connectivity index (χ2n) is 5.77.